The summed E-state index contributed by atoms with van der Waals surface area (Å²) >= 11 is 0. The van der Waals surface area contributed by atoms with Crippen LogP contribution in [0.25, 0.3) is 0 Å². The maximum absolute atomic E-state index is 5.29. The van der Waals surface area contributed by atoms with Gasteiger partial charge in [0.25, 0.3) is 0 Å². The molecule has 0 amide bonds. The molecule has 0 N–H and O–H groups in total. The molecule has 1 heterocycles. The monoisotopic (exact) mass is 248 g/mol. The molecule has 0 bridgehead atoms. The van der Waals surface area contributed by atoms with Crippen LogP contribution in [0, 0.1) is 0 Å². The van der Waals surface area contributed by atoms with Crippen molar-refractivity contribution in [1.82, 2.24) is 0 Å². The van der Waals surface area contributed by atoms with Gasteiger partial charge in [0.2, 0.25) is 0 Å². The van der Waals surface area contributed by atoms with E-state index in [0.717, 1.165) is 19.1 Å². The van der Waals surface area contributed by atoms with Crippen LogP contribution in [-0.4, -0.2) is 49.5 Å². The fraction of sp³-hybridized carbons (Fsp3) is 0.800. The van der Waals surface area contributed by atoms with E-state index in [1.807, 2.05) is 6.08 Å². The van der Waals surface area contributed by atoms with E-state index in [4.69, 9.17) is 22.8 Å². The maximum Gasteiger partial charge on any atom is 0.500 e. The summed E-state index contributed by atoms with van der Waals surface area (Å²) in [4.78, 5) is 0. The van der Waals surface area contributed by atoms with E-state index in [2.05, 4.69) is 0 Å². The van der Waals surface area contributed by atoms with Crippen molar-refractivity contribution in [2.24, 2.45) is 0 Å². The number of hydrogen-bond acceptors (Lipinski definition) is 5. The van der Waals surface area contributed by atoms with Crippen molar-refractivity contribution in [3.8, 4) is 0 Å². The summed E-state index contributed by atoms with van der Waals surface area (Å²) in [7, 11) is 2.43. The van der Waals surface area contributed by atoms with Gasteiger partial charge in [0.15, 0.2) is 0 Å². The molecule has 0 spiro atoms. The second kappa shape index (κ2) is 7.03. The number of ether oxygens (including phenoxy) is 2. The lowest BCUT2D eigenvalue weighted by Crippen LogP contribution is -2.42. The van der Waals surface area contributed by atoms with Gasteiger partial charge >= 0.3 is 8.80 Å². The molecule has 1 atom stereocenters. The molecule has 5 nitrogen and oxygen atoms in total. The van der Waals surface area contributed by atoms with Gasteiger partial charge in [-0.2, -0.15) is 0 Å². The highest BCUT2D eigenvalue weighted by atomic mass is 28.4. The molecule has 1 saturated heterocycles. The van der Waals surface area contributed by atoms with Crippen LogP contribution in [0.2, 0.25) is 6.04 Å². The summed E-state index contributed by atoms with van der Waals surface area (Å²) in [6.45, 7) is 1.46. The largest absolute Gasteiger partial charge is 0.500 e. The smallest absolute Gasteiger partial charge is 0.499 e. The SMILES string of the molecule is CO[Si](CC/C=C/OCC1CO1)(OC)OC. The fourth-order valence-corrected chi connectivity index (χ4v) is 2.91. The highest BCUT2D eigenvalue weighted by Crippen LogP contribution is 2.15. The lowest BCUT2D eigenvalue weighted by Gasteiger charge is -2.23. The van der Waals surface area contributed by atoms with Gasteiger partial charge in [0, 0.05) is 27.4 Å². The van der Waals surface area contributed by atoms with Crippen molar-refractivity contribution in [1.29, 1.82) is 0 Å². The highest BCUT2D eigenvalue weighted by Gasteiger charge is 2.36. The molecule has 6 heteroatoms. The van der Waals surface area contributed by atoms with E-state index >= 15 is 0 Å². The summed E-state index contributed by atoms with van der Waals surface area (Å²) in [6.07, 6.45) is 4.76. The molecule has 1 rings (SSSR count). The molecule has 0 aromatic carbocycles. The second-order valence-corrected chi connectivity index (χ2v) is 6.59. The number of hydrogen-bond donors (Lipinski definition) is 0. The van der Waals surface area contributed by atoms with Gasteiger partial charge in [0.05, 0.1) is 12.9 Å². The Morgan fingerprint density at radius 3 is 2.38 bits per heavy atom. The van der Waals surface area contributed by atoms with E-state index in [-0.39, 0.29) is 0 Å². The van der Waals surface area contributed by atoms with Crippen LogP contribution in [0.4, 0.5) is 0 Å². The predicted molar refractivity (Wildman–Crippen MR) is 61.0 cm³/mol. The molecular formula is C10H20O5Si. The van der Waals surface area contributed by atoms with Crippen molar-refractivity contribution < 1.29 is 22.8 Å². The Balaban J connectivity index is 2.10. The molecule has 0 aromatic heterocycles. The zero-order valence-corrected chi connectivity index (χ0v) is 11.1. The number of allylic oxidation sites excluding steroid dienone is 1. The Morgan fingerprint density at radius 1 is 1.25 bits per heavy atom. The van der Waals surface area contributed by atoms with Crippen molar-refractivity contribution in [2.75, 3.05) is 34.5 Å². The summed E-state index contributed by atoms with van der Waals surface area (Å²) in [6, 6.07) is 0.746. The van der Waals surface area contributed by atoms with Crippen molar-refractivity contribution >= 4 is 8.80 Å². The second-order valence-electron chi connectivity index (χ2n) is 3.49. The zero-order valence-electron chi connectivity index (χ0n) is 10.1. The van der Waals surface area contributed by atoms with Gasteiger partial charge in [-0.15, -0.1) is 0 Å². The lowest BCUT2D eigenvalue weighted by molar-refractivity contribution is 0.124. The Hall–Kier alpha value is -0.403. The Kier molecular flexibility index (Phi) is 6.00. The molecule has 94 valence electrons. The minimum Gasteiger partial charge on any atom is -0.499 e. The van der Waals surface area contributed by atoms with Gasteiger partial charge in [-0.05, 0) is 12.5 Å². The first-order valence-corrected chi connectivity index (χ1v) is 7.23. The average Bonchev–Trinajstić information content (AvgIpc) is 3.13. The topological polar surface area (TPSA) is 49.5 Å². The molecule has 1 fully saturated rings. The summed E-state index contributed by atoms with van der Waals surface area (Å²) < 4.78 is 26.1. The van der Waals surface area contributed by atoms with Crippen molar-refractivity contribution in [3.63, 3.8) is 0 Å². The molecule has 1 aliphatic rings. The normalized spacial score (nSPS) is 20.3. The molecule has 0 aromatic rings. The van der Waals surface area contributed by atoms with Crippen LogP contribution < -0.4 is 0 Å². The van der Waals surface area contributed by atoms with E-state index in [0.29, 0.717) is 12.7 Å². The molecule has 0 radical (unpaired) electrons. The van der Waals surface area contributed by atoms with Crippen LogP contribution >= 0.6 is 0 Å². The molecule has 1 unspecified atom stereocenters. The van der Waals surface area contributed by atoms with E-state index in [1.54, 1.807) is 27.6 Å². The first kappa shape index (κ1) is 13.7. The quantitative estimate of drug-likeness (QED) is 0.348. The van der Waals surface area contributed by atoms with Crippen LogP contribution in [0.15, 0.2) is 12.3 Å². The number of rotatable bonds is 9. The van der Waals surface area contributed by atoms with Crippen LogP contribution in [0.3, 0.4) is 0 Å². The van der Waals surface area contributed by atoms with E-state index in [9.17, 15) is 0 Å². The summed E-state index contributed by atoms with van der Waals surface area (Å²) in [5.74, 6) is 0. The minimum absolute atomic E-state index is 0.301. The van der Waals surface area contributed by atoms with Gasteiger partial charge < -0.3 is 22.8 Å². The molecular weight excluding hydrogens is 228 g/mol. The Bertz CT molecular complexity index is 205. The third kappa shape index (κ3) is 4.63. The van der Waals surface area contributed by atoms with Gasteiger partial charge in [-0.25, -0.2) is 0 Å². The first-order chi connectivity index (χ1) is 7.76. The van der Waals surface area contributed by atoms with Gasteiger partial charge in [0.1, 0.15) is 12.7 Å². The van der Waals surface area contributed by atoms with Crippen LogP contribution in [-0.2, 0) is 22.8 Å². The lowest BCUT2D eigenvalue weighted by atomic mass is 10.5. The van der Waals surface area contributed by atoms with Gasteiger partial charge in [-0.1, -0.05) is 0 Å². The highest BCUT2D eigenvalue weighted by molar-refractivity contribution is 6.60. The van der Waals surface area contributed by atoms with Crippen LogP contribution in [0.1, 0.15) is 6.42 Å². The zero-order chi connectivity index (χ0) is 11.9. The Morgan fingerprint density at radius 2 is 1.88 bits per heavy atom. The third-order valence-electron chi connectivity index (χ3n) is 2.43. The van der Waals surface area contributed by atoms with Crippen LogP contribution in [0.5, 0.6) is 0 Å². The number of epoxide rings is 1. The van der Waals surface area contributed by atoms with Gasteiger partial charge in [-0.3, -0.25) is 0 Å². The Labute approximate surface area is 97.6 Å². The molecule has 16 heavy (non-hydrogen) atoms. The van der Waals surface area contributed by atoms with E-state index < -0.39 is 8.80 Å². The fourth-order valence-electron chi connectivity index (χ4n) is 1.28. The average molecular weight is 248 g/mol. The first-order valence-electron chi connectivity index (χ1n) is 5.30. The summed E-state index contributed by atoms with van der Waals surface area (Å²) in [5.41, 5.74) is 0. The molecule has 0 saturated carbocycles. The third-order valence-corrected chi connectivity index (χ3v) is 5.19. The molecule has 1 aliphatic heterocycles. The van der Waals surface area contributed by atoms with Crippen molar-refractivity contribution in [3.05, 3.63) is 12.3 Å². The molecule has 0 aliphatic carbocycles. The minimum atomic E-state index is -2.42. The van der Waals surface area contributed by atoms with E-state index in [1.165, 1.54) is 0 Å². The standard InChI is InChI=1S/C10H20O5Si/c1-11-16(12-2,13-3)7-5-4-6-14-8-10-9-15-10/h4,6,10H,5,7-9H2,1-3H3/b6-4+. The van der Waals surface area contributed by atoms with Crippen molar-refractivity contribution in [2.45, 2.75) is 18.6 Å². The maximum atomic E-state index is 5.29. The predicted octanol–water partition coefficient (Wildman–Crippen LogP) is 1.18. The summed E-state index contributed by atoms with van der Waals surface area (Å²) in [5, 5.41) is 0.